The molecule has 4 rings (SSSR count). The van der Waals surface area contributed by atoms with Gasteiger partial charge in [-0.1, -0.05) is 40.2 Å². The van der Waals surface area contributed by atoms with Crippen molar-refractivity contribution in [2.24, 2.45) is 5.16 Å². The monoisotopic (exact) mass is 813 g/mol. The molecule has 0 radical (unpaired) electrons. The van der Waals surface area contributed by atoms with Crippen LogP contribution in [0.3, 0.4) is 0 Å². The maximum absolute atomic E-state index is 13.9. The van der Waals surface area contributed by atoms with Crippen molar-refractivity contribution >= 4 is 87.0 Å². The van der Waals surface area contributed by atoms with Crippen LogP contribution in [0.25, 0.3) is 0 Å². The first-order valence-electron chi connectivity index (χ1n) is 16.1. The Morgan fingerprint density at radius 3 is 2.25 bits per heavy atom. The zero-order chi connectivity index (χ0) is 39.5. The molecule has 15 nitrogen and oxygen atoms in total. The van der Waals surface area contributed by atoms with Crippen LogP contribution in [0.2, 0.25) is 4.34 Å². The molecule has 19 heteroatoms. The smallest absolute Gasteiger partial charge is 0.413 e. The molecule has 288 valence electrons. The summed E-state index contributed by atoms with van der Waals surface area (Å²) in [4.78, 5) is 77.3. The number of methoxy groups -OCH3 is 1. The van der Waals surface area contributed by atoms with Gasteiger partial charge in [0.25, 0.3) is 11.8 Å². The number of nitrogens with one attached hydrogen (secondary N) is 2. The molecule has 1 aromatic carbocycles. The number of halogens is 2. The van der Waals surface area contributed by atoms with Crippen LogP contribution in [0.1, 0.15) is 66.6 Å². The van der Waals surface area contributed by atoms with Crippen LogP contribution in [0.4, 0.5) is 9.93 Å². The summed E-state index contributed by atoms with van der Waals surface area (Å²) in [7, 11) is 1.54. The number of amides is 3. The standard InChI is InChI=1S/C34H41Cl2N5O10S2/c1-32(2,3)49-29(45)34(7,8)51-40-21(20-24(36)53-30(38-20)39-31(46)50-33(4,5)6)25(42)37-22-26(43)41-23(18(14-35)16-52-27(22)41)28(44)48-15-17-10-12-19(47-9)13-11-17/h10-13,22,27H,14-16H2,1-9H3,(H,37,42)(H,38,39,46)/b40-21-/t22-,27?/m1/s1. The Balaban J connectivity index is 1.57. The van der Waals surface area contributed by atoms with Crippen molar-refractivity contribution in [1.82, 2.24) is 15.2 Å². The van der Waals surface area contributed by atoms with E-state index in [0.29, 0.717) is 16.9 Å². The number of thiazole rings is 1. The Morgan fingerprint density at radius 2 is 1.66 bits per heavy atom. The quantitative estimate of drug-likeness (QED) is 0.0674. The van der Waals surface area contributed by atoms with Gasteiger partial charge in [-0.15, -0.1) is 23.4 Å². The third kappa shape index (κ3) is 10.5. The van der Waals surface area contributed by atoms with Crippen molar-refractivity contribution in [3.05, 3.63) is 51.1 Å². The number of thioether (sulfide) groups is 1. The van der Waals surface area contributed by atoms with E-state index in [0.717, 1.165) is 11.3 Å². The second-order valence-corrected chi connectivity index (χ2v) is 17.2. The zero-order valence-electron chi connectivity index (χ0n) is 30.6. The molecular formula is C34H41Cl2N5O10S2. The highest BCUT2D eigenvalue weighted by Gasteiger charge is 2.55. The lowest BCUT2D eigenvalue weighted by Gasteiger charge is -2.49. The fourth-order valence-electron chi connectivity index (χ4n) is 4.61. The van der Waals surface area contributed by atoms with Crippen molar-refractivity contribution in [2.75, 3.05) is 24.1 Å². The summed E-state index contributed by atoms with van der Waals surface area (Å²) >= 11 is 14.8. The van der Waals surface area contributed by atoms with Crippen LogP contribution in [-0.2, 0) is 44.8 Å². The SMILES string of the molecule is COc1ccc(COC(=O)C2=C(CCl)CSC3[C@H](NC(=O)/C(=N\OC(C)(C)C(=O)OC(C)(C)C)c4nc(NC(=O)OC(C)(C)C)sc4Cl)C(=O)N23)cc1. The topological polar surface area (TPSA) is 184 Å². The Morgan fingerprint density at radius 1 is 1.02 bits per heavy atom. The molecule has 3 heterocycles. The number of alkyl halides is 1. The van der Waals surface area contributed by atoms with Crippen molar-refractivity contribution in [2.45, 2.75) is 90.2 Å². The van der Waals surface area contributed by atoms with E-state index in [1.165, 1.54) is 37.6 Å². The van der Waals surface area contributed by atoms with Gasteiger partial charge in [0, 0.05) is 11.6 Å². The maximum atomic E-state index is 13.9. The number of fused-ring (bicyclic) bond motifs is 1. The highest BCUT2D eigenvalue weighted by molar-refractivity contribution is 8.00. The molecule has 1 fully saturated rings. The molecule has 2 aliphatic rings. The molecule has 0 aliphatic carbocycles. The summed E-state index contributed by atoms with van der Waals surface area (Å²) in [6, 6.07) is 5.81. The number of β-lactam (4-membered cyclic amide) rings is 1. The number of anilines is 1. The minimum Gasteiger partial charge on any atom is -0.497 e. The van der Waals surface area contributed by atoms with Crippen LogP contribution < -0.4 is 15.4 Å². The first-order valence-corrected chi connectivity index (χ1v) is 18.9. The van der Waals surface area contributed by atoms with Crippen LogP contribution in [0.15, 0.2) is 40.7 Å². The van der Waals surface area contributed by atoms with Crippen LogP contribution >= 0.6 is 46.3 Å². The van der Waals surface area contributed by atoms with Gasteiger partial charge in [-0.2, -0.15) is 0 Å². The van der Waals surface area contributed by atoms with Gasteiger partial charge >= 0.3 is 18.0 Å². The summed E-state index contributed by atoms with van der Waals surface area (Å²) < 4.78 is 21.3. The van der Waals surface area contributed by atoms with E-state index in [9.17, 15) is 24.0 Å². The number of nitrogens with zero attached hydrogens (tertiary/aromatic N) is 3. The third-order valence-corrected chi connectivity index (χ3v) is 9.94. The third-order valence-electron chi connectivity index (χ3n) is 7.11. The molecule has 0 bridgehead atoms. The van der Waals surface area contributed by atoms with Crippen LogP contribution in [0.5, 0.6) is 5.75 Å². The first-order chi connectivity index (χ1) is 24.6. The molecule has 1 aromatic heterocycles. The van der Waals surface area contributed by atoms with Gasteiger partial charge in [0.1, 0.15) is 50.7 Å². The predicted octanol–water partition coefficient (Wildman–Crippen LogP) is 5.63. The number of esters is 2. The minimum absolute atomic E-state index is 0.00417. The summed E-state index contributed by atoms with van der Waals surface area (Å²) in [5.41, 5.74) is -2.89. The van der Waals surface area contributed by atoms with E-state index < -0.39 is 63.8 Å². The minimum atomic E-state index is -1.69. The number of carbonyl (C=O) groups excluding carboxylic acids is 5. The van der Waals surface area contributed by atoms with Gasteiger partial charge in [-0.3, -0.25) is 19.8 Å². The normalized spacial score (nSPS) is 17.7. The molecule has 1 saturated heterocycles. The summed E-state index contributed by atoms with van der Waals surface area (Å²) in [6.45, 7) is 12.8. The van der Waals surface area contributed by atoms with E-state index >= 15 is 0 Å². The number of carbonyl (C=O) groups is 5. The highest BCUT2D eigenvalue weighted by atomic mass is 35.5. The molecule has 2 atom stereocenters. The highest BCUT2D eigenvalue weighted by Crippen LogP contribution is 2.41. The number of oxime groups is 1. The number of ether oxygens (including phenoxy) is 4. The Bertz CT molecular complexity index is 1820. The number of aromatic nitrogens is 1. The van der Waals surface area contributed by atoms with E-state index in [2.05, 4.69) is 20.8 Å². The van der Waals surface area contributed by atoms with Gasteiger partial charge in [0.2, 0.25) is 5.60 Å². The number of hydrogen-bond donors (Lipinski definition) is 2. The van der Waals surface area contributed by atoms with E-state index in [4.69, 9.17) is 47.0 Å². The van der Waals surface area contributed by atoms with Crippen molar-refractivity contribution < 1.29 is 47.8 Å². The second kappa shape index (κ2) is 16.5. The fourth-order valence-corrected chi connectivity index (χ4v) is 7.32. The molecule has 1 unspecified atom stereocenters. The number of benzene rings is 1. The largest absolute Gasteiger partial charge is 0.497 e. The van der Waals surface area contributed by atoms with Crippen molar-refractivity contribution in [3.63, 3.8) is 0 Å². The zero-order valence-corrected chi connectivity index (χ0v) is 33.7. The van der Waals surface area contributed by atoms with E-state index in [-0.39, 0.29) is 39.1 Å². The predicted molar refractivity (Wildman–Crippen MR) is 200 cm³/mol. The van der Waals surface area contributed by atoms with E-state index in [1.54, 1.807) is 65.8 Å². The van der Waals surface area contributed by atoms with Gasteiger partial charge in [-0.05, 0) is 78.7 Å². The lowest BCUT2D eigenvalue weighted by Crippen LogP contribution is -2.71. The lowest BCUT2D eigenvalue weighted by atomic mass is 10.0. The Hall–Kier alpha value is -4.06. The number of rotatable bonds is 12. The molecule has 2 aromatic rings. The second-order valence-electron chi connectivity index (χ2n) is 14.2. The van der Waals surface area contributed by atoms with Gasteiger partial charge < -0.3 is 29.1 Å². The summed E-state index contributed by atoms with van der Waals surface area (Å²) in [6.07, 6.45) is -0.822. The summed E-state index contributed by atoms with van der Waals surface area (Å²) in [5, 5.41) is 8.33. The molecule has 53 heavy (non-hydrogen) atoms. The van der Waals surface area contributed by atoms with Gasteiger partial charge in [-0.25, -0.2) is 19.4 Å². The molecule has 0 saturated carbocycles. The van der Waals surface area contributed by atoms with Crippen molar-refractivity contribution in [1.29, 1.82) is 0 Å². The molecule has 2 N–H and O–H groups in total. The van der Waals surface area contributed by atoms with Gasteiger partial charge in [0.05, 0.1) is 7.11 Å². The first kappa shape index (κ1) is 41.7. The Kier molecular flexibility index (Phi) is 13.0. The van der Waals surface area contributed by atoms with Crippen LogP contribution in [0, 0.1) is 0 Å². The molecule has 3 amide bonds. The lowest BCUT2D eigenvalue weighted by molar-refractivity contribution is -0.179. The molecule has 0 spiro atoms. The average Bonchev–Trinajstić information content (AvgIpc) is 3.42. The van der Waals surface area contributed by atoms with Crippen molar-refractivity contribution in [3.8, 4) is 5.75 Å². The van der Waals surface area contributed by atoms with E-state index in [1.807, 2.05) is 0 Å². The Labute approximate surface area is 325 Å². The number of hydrogen-bond acceptors (Lipinski definition) is 14. The average molecular weight is 815 g/mol. The summed E-state index contributed by atoms with van der Waals surface area (Å²) in [5.74, 6) is -2.20. The van der Waals surface area contributed by atoms with Gasteiger partial charge in [0.15, 0.2) is 10.8 Å². The molecular weight excluding hydrogens is 773 g/mol. The molecule has 2 aliphatic heterocycles. The van der Waals surface area contributed by atoms with Crippen LogP contribution in [-0.4, -0.2) is 92.4 Å². The fraction of sp³-hybridized carbons (Fsp3) is 0.500. The maximum Gasteiger partial charge on any atom is 0.413 e.